The monoisotopic (exact) mass is 210 g/mol. The molecule has 0 aliphatic carbocycles. The zero-order valence-corrected chi connectivity index (χ0v) is 9.99. The molecule has 86 valence electrons. The van der Waals surface area contributed by atoms with Gasteiger partial charge in [0.25, 0.3) is 0 Å². The van der Waals surface area contributed by atoms with Crippen LogP contribution >= 0.6 is 0 Å². The lowest BCUT2D eigenvalue weighted by Crippen LogP contribution is -2.45. The van der Waals surface area contributed by atoms with Crippen molar-refractivity contribution in [2.24, 2.45) is 11.7 Å². The molecular formula is C12H22N2O. The summed E-state index contributed by atoms with van der Waals surface area (Å²) in [6.07, 6.45) is 3.88. The van der Waals surface area contributed by atoms with E-state index in [0.29, 0.717) is 5.92 Å². The summed E-state index contributed by atoms with van der Waals surface area (Å²) in [5.74, 6) is 0.582. The van der Waals surface area contributed by atoms with Crippen molar-refractivity contribution in [1.82, 2.24) is 4.90 Å². The van der Waals surface area contributed by atoms with E-state index in [9.17, 15) is 4.79 Å². The number of nitrogens with two attached hydrogens (primary N) is 1. The van der Waals surface area contributed by atoms with E-state index in [2.05, 4.69) is 26.8 Å². The summed E-state index contributed by atoms with van der Waals surface area (Å²) in [6, 6.07) is -0.322. The van der Waals surface area contributed by atoms with Gasteiger partial charge in [-0.1, -0.05) is 25.5 Å². The fourth-order valence-corrected chi connectivity index (χ4v) is 1.81. The van der Waals surface area contributed by atoms with Crippen LogP contribution in [0.15, 0.2) is 11.6 Å². The third kappa shape index (κ3) is 3.67. The van der Waals surface area contributed by atoms with Crippen LogP contribution in [-0.4, -0.2) is 29.9 Å². The molecule has 1 heterocycles. The molecule has 1 atom stereocenters. The van der Waals surface area contributed by atoms with Crippen molar-refractivity contribution in [3.05, 3.63) is 11.6 Å². The van der Waals surface area contributed by atoms with E-state index in [4.69, 9.17) is 5.73 Å². The van der Waals surface area contributed by atoms with E-state index in [1.165, 1.54) is 5.57 Å². The highest BCUT2D eigenvalue weighted by Gasteiger charge is 2.22. The summed E-state index contributed by atoms with van der Waals surface area (Å²) in [5, 5.41) is 0. The van der Waals surface area contributed by atoms with Gasteiger partial charge in [0.1, 0.15) is 0 Å². The molecule has 15 heavy (non-hydrogen) atoms. The van der Waals surface area contributed by atoms with Gasteiger partial charge in [-0.15, -0.1) is 0 Å². The first kappa shape index (κ1) is 12.2. The molecule has 0 spiro atoms. The summed E-state index contributed by atoms with van der Waals surface area (Å²) in [4.78, 5) is 13.8. The van der Waals surface area contributed by atoms with Crippen LogP contribution in [0.2, 0.25) is 0 Å². The van der Waals surface area contributed by atoms with Crippen molar-refractivity contribution >= 4 is 5.91 Å². The summed E-state index contributed by atoms with van der Waals surface area (Å²) in [7, 11) is 0. The number of rotatable bonds is 3. The fourth-order valence-electron chi connectivity index (χ4n) is 1.81. The van der Waals surface area contributed by atoms with Crippen molar-refractivity contribution in [2.45, 2.75) is 39.7 Å². The van der Waals surface area contributed by atoms with Crippen molar-refractivity contribution in [1.29, 1.82) is 0 Å². The summed E-state index contributed by atoms with van der Waals surface area (Å²) in [5.41, 5.74) is 7.24. The summed E-state index contributed by atoms with van der Waals surface area (Å²) in [6.45, 7) is 7.85. The normalized spacial score (nSPS) is 19.0. The first-order chi connectivity index (χ1) is 7.00. The minimum absolute atomic E-state index is 0.104. The minimum atomic E-state index is -0.322. The van der Waals surface area contributed by atoms with Gasteiger partial charge in [-0.2, -0.15) is 0 Å². The quantitative estimate of drug-likeness (QED) is 0.718. The molecular weight excluding hydrogens is 188 g/mol. The minimum Gasteiger partial charge on any atom is -0.337 e. The standard InChI is InChI=1S/C12H22N2O/c1-9(2)8-11(13)12(15)14-6-4-10(3)5-7-14/h4,9,11H,5-8,13H2,1-3H3/t11-/m1/s1. The first-order valence-corrected chi connectivity index (χ1v) is 5.70. The smallest absolute Gasteiger partial charge is 0.239 e. The van der Waals surface area contributed by atoms with Gasteiger partial charge in [-0.3, -0.25) is 4.79 Å². The highest BCUT2D eigenvalue weighted by molar-refractivity contribution is 5.82. The van der Waals surface area contributed by atoms with Gasteiger partial charge in [0.05, 0.1) is 6.04 Å². The molecule has 3 heteroatoms. The Bertz CT molecular complexity index is 258. The number of carbonyl (C=O) groups excluding carboxylic acids is 1. The Kier molecular flexibility index (Phi) is 4.33. The molecule has 0 fully saturated rings. The molecule has 1 amide bonds. The van der Waals surface area contributed by atoms with E-state index in [1.807, 2.05) is 4.90 Å². The third-order valence-corrected chi connectivity index (χ3v) is 2.79. The van der Waals surface area contributed by atoms with Crippen LogP contribution < -0.4 is 5.73 Å². The molecule has 0 radical (unpaired) electrons. The maximum absolute atomic E-state index is 11.9. The Morgan fingerprint density at radius 2 is 2.27 bits per heavy atom. The van der Waals surface area contributed by atoms with Crippen LogP contribution in [-0.2, 0) is 4.79 Å². The van der Waals surface area contributed by atoms with Gasteiger partial charge in [-0.05, 0) is 25.7 Å². The van der Waals surface area contributed by atoms with Crippen LogP contribution in [0.5, 0.6) is 0 Å². The number of amides is 1. The lowest BCUT2D eigenvalue weighted by Gasteiger charge is -2.28. The average Bonchev–Trinajstić information content (AvgIpc) is 2.17. The SMILES string of the molecule is CC1=CCN(C(=O)[C@H](N)CC(C)C)CC1. The zero-order chi connectivity index (χ0) is 11.4. The predicted octanol–water partition coefficient (Wildman–Crippen LogP) is 1.54. The van der Waals surface area contributed by atoms with Crippen LogP contribution in [0.25, 0.3) is 0 Å². The van der Waals surface area contributed by atoms with Crippen molar-refractivity contribution < 1.29 is 4.79 Å². The molecule has 1 aliphatic rings. The van der Waals surface area contributed by atoms with Crippen molar-refractivity contribution in [3.8, 4) is 0 Å². The highest BCUT2D eigenvalue weighted by Crippen LogP contribution is 2.12. The largest absolute Gasteiger partial charge is 0.337 e. The molecule has 0 aromatic rings. The van der Waals surface area contributed by atoms with Gasteiger partial charge in [0, 0.05) is 13.1 Å². The molecule has 1 rings (SSSR count). The molecule has 0 aromatic heterocycles. The Morgan fingerprint density at radius 1 is 1.60 bits per heavy atom. The van der Waals surface area contributed by atoms with E-state index in [0.717, 1.165) is 25.9 Å². The molecule has 0 aromatic carbocycles. The van der Waals surface area contributed by atoms with Crippen LogP contribution in [0.3, 0.4) is 0 Å². The highest BCUT2D eigenvalue weighted by atomic mass is 16.2. The Balaban J connectivity index is 2.47. The second kappa shape index (κ2) is 5.31. The molecule has 0 saturated heterocycles. The van der Waals surface area contributed by atoms with Crippen molar-refractivity contribution in [3.63, 3.8) is 0 Å². The van der Waals surface area contributed by atoms with Gasteiger partial charge in [0.15, 0.2) is 0 Å². The van der Waals surface area contributed by atoms with E-state index in [1.54, 1.807) is 0 Å². The van der Waals surface area contributed by atoms with Gasteiger partial charge in [-0.25, -0.2) is 0 Å². The number of hydrogen-bond donors (Lipinski definition) is 1. The van der Waals surface area contributed by atoms with E-state index in [-0.39, 0.29) is 11.9 Å². The predicted molar refractivity (Wildman–Crippen MR) is 62.4 cm³/mol. The second-order valence-corrected chi connectivity index (χ2v) is 4.82. The Morgan fingerprint density at radius 3 is 2.73 bits per heavy atom. The zero-order valence-electron chi connectivity index (χ0n) is 9.99. The number of carbonyl (C=O) groups is 1. The third-order valence-electron chi connectivity index (χ3n) is 2.79. The average molecular weight is 210 g/mol. The summed E-state index contributed by atoms with van der Waals surface area (Å²) < 4.78 is 0. The van der Waals surface area contributed by atoms with Crippen LogP contribution in [0.1, 0.15) is 33.6 Å². The van der Waals surface area contributed by atoms with Gasteiger partial charge < -0.3 is 10.6 Å². The maximum Gasteiger partial charge on any atom is 0.239 e. The van der Waals surface area contributed by atoms with Crippen molar-refractivity contribution in [2.75, 3.05) is 13.1 Å². The number of nitrogens with zero attached hydrogens (tertiary/aromatic N) is 1. The fraction of sp³-hybridized carbons (Fsp3) is 0.750. The molecule has 2 N–H and O–H groups in total. The molecule has 0 saturated carbocycles. The number of hydrogen-bond acceptors (Lipinski definition) is 2. The van der Waals surface area contributed by atoms with E-state index >= 15 is 0 Å². The lowest BCUT2D eigenvalue weighted by atomic mass is 10.0. The molecule has 0 unspecified atom stereocenters. The summed E-state index contributed by atoms with van der Waals surface area (Å²) >= 11 is 0. The molecule has 1 aliphatic heterocycles. The topological polar surface area (TPSA) is 46.3 Å². The molecule has 3 nitrogen and oxygen atoms in total. The van der Waals surface area contributed by atoms with E-state index < -0.39 is 0 Å². The van der Waals surface area contributed by atoms with Crippen LogP contribution in [0.4, 0.5) is 0 Å². The molecule has 0 bridgehead atoms. The van der Waals surface area contributed by atoms with Gasteiger partial charge in [0.2, 0.25) is 5.91 Å². The maximum atomic E-state index is 11.9. The lowest BCUT2D eigenvalue weighted by molar-refractivity contribution is -0.132. The Labute approximate surface area is 92.3 Å². The second-order valence-electron chi connectivity index (χ2n) is 4.82. The first-order valence-electron chi connectivity index (χ1n) is 5.70. The van der Waals surface area contributed by atoms with Gasteiger partial charge >= 0.3 is 0 Å². The van der Waals surface area contributed by atoms with Crippen LogP contribution in [0, 0.1) is 5.92 Å². The Hall–Kier alpha value is -0.830.